The smallest absolute Gasteiger partial charge is 0.273 e. The van der Waals surface area contributed by atoms with E-state index in [0.29, 0.717) is 0 Å². The lowest BCUT2D eigenvalue weighted by molar-refractivity contribution is 0.0950. The van der Waals surface area contributed by atoms with Crippen LogP contribution in [0.1, 0.15) is 10.5 Å². The molecule has 0 saturated carbocycles. The van der Waals surface area contributed by atoms with Crippen molar-refractivity contribution in [2.45, 2.75) is 0 Å². The van der Waals surface area contributed by atoms with Crippen LogP contribution in [-0.2, 0) is 10.0 Å². The van der Waals surface area contributed by atoms with Crippen LogP contribution in [0.4, 0.5) is 5.82 Å². The lowest BCUT2D eigenvalue weighted by atomic mass is 10.4. The SMILES string of the molecule is CS(=O)(=O)NCCNC(=O)c1nccnc1N. The molecule has 9 heteroatoms. The molecular weight excluding hydrogens is 246 g/mol. The molecule has 0 atom stereocenters. The molecule has 1 aromatic heterocycles. The van der Waals surface area contributed by atoms with Gasteiger partial charge in [0.05, 0.1) is 6.26 Å². The van der Waals surface area contributed by atoms with Gasteiger partial charge in [-0.25, -0.2) is 23.1 Å². The highest BCUT2D eigenvalue weighted by atomic mass is 32.2. The van der Waals surface area contributed by atoms with Gasteiger partial charge >= 0.3 is 0 Å². The summed E-state index contributed by atoms with van der Waals surface area (Å²) in [4.78, 5) is 19.0. The highest BCUT2D eigenvalue weighted by Crippen LogP contribution is 2.01. The first-order valence-corrected chi connectivity index (χ1v) is 6.58. The van der Waals surface area contributed by atoms with Crippen LogP contribution < -0.4 is 15.8 Å². The Morgan fingerprint density at radius 2 is 2.00 bits per heavy atom. The monoisotopic (exact) mass is 259 g/mol. The average molecular weight is 259 g/mol. The Bertz CT molecular complexity index is 502. The van der Waals surface area contributed by atoms with Crippen molar-refractivity contribution in [3.8, 4) is 0 Å². The third-order valence-corrected chi connectivity index (χ3v) is 2.44. The van der Waals surface area contributed by atoms with Crippen LogP contribution in [0, 0.1) is 0 Å². The minimum absolute atomic E-state index is 0.0202. The molecule has 0 spiro atoms. The summed E-state index contributed by atoms with van der Waals surface area (Å²) in [6.45, 7) is 0.243. The molecule has 0 saturated heterocycles. The Balaban J connectivity index is 2.44. The molecule has 1 aromatic rings. The molecule has 17 heavy (non-hydrogen) atoms. The number of hydrogen-bond donors (Lipinski definition) is 3. The average Bonchev–Trinajstić information content (AvgIpc) is 2.23. The molecular formula is C8H13N5O3S. The van der Waals surface area contributed by atoms with E-state index in [-0.39, 0.29) is 24.6 Å². The van der Waals surface area contributed by atoms with Crippen molar-refractivity contribution >= 4 is 21.7 Å². The maximum Gasteiger partial charge on any atom is 0.273 e. The first-order chi connectivity index (χ1) is 7.90. The fourth-order valence-corrected chi connectivity index (χ4v) is 1.49. The molecule has 0 unspecified atom stereocenters. The second-order valence-corrected chi connectivity index (χ2v) is 5.05. The van der Waals surface area contributed by atoms with Crippen LogP contribution in [0.2, 0.25) is 0 Å². The number of hydrogen-bond acceptors (Lipinski definition) is 6. The van der Waals surface area contributed by atoms with Gasteiger partial charge in [-0.05, 0) is 0 Å². The Morgan fingerprint density at radius 3 is 2.59 bits per heavy atom. The Hall–Kier alpha value is -1.74. The Labute approximate surface area is 98.7 Å². The zero-order chi connectivity index (χ0) is 12.9. The first kappa shape index (κ1) is 13.3. The van der Waals surface area contributed by atoms with Gasteiger partial charge in [-0.2, -0.15) is 0 Å². The van der Waals surface area contributed by atoms with Crippen LogP contribution in [0.25, 0.3) is 0 Å². The summed E-state index contributed by atoms with van der Waals surface area (Å²) >= 11 is 0. The number of rotatable bonds is 5. The molecule has 1 heterocycles. The van der Waals surface area contributed by atoms with Gasteiger partial charge in [0.1, 0.15) is 0 Å². The largest absolute Gasteiger partial charge is 0.382 e. The summed E-state index contributed by atoms with van der Waals surface area (Å²) in [7, 11) is -3.25. The summed E-state index contributed by atoms with van der Waals surface area (Å²) in [5, 5.41) is 2.46. The number of carbonyl (C=O) groups excluding carboxylic acids is 1. The van der Waals surface area contributed by atoms with E-state index < -0.39 is 15.9 Å². The predicted molar refractivity (Wildman–Crippen MR) is 61.6 cm³/mol. The number of nitrogen functional groups attached to an aromatic ring is 1. The standard InChI is InChI=1S/C8H13N5O3S/c1-17(15,16)13-5-4-12-8(14)6-7(9)11-3-2-10-6/h2-3,13H,4-5H2,1H3,(H2,9,11)(H,12,14). The van der Waals surface area contributed by atoms with E-state index in [9.17, 15) is 13.2 Å². The van der Waals surface area contributed by atoms with E-state index in [2.05, 4.69) is 20.0 Å². The lowest BCUT2D eigenvalue weighted by Gasteiger charge is -2.05. The lowest BCUT2D eigenvalue weighted by Crippen LogP contribution is -2.34. The van der Waals surface area contributed by atoms with Gasteiger partial charge in [0.25, 0.3) is 5.91 Å². The fourth-order valence-electron chi connectivity index (χ4n) is 1.02. The quantitative estimate of drug-likeness (QED) is 0.543. The number of carbonyl (C=O) groups is 1. The highest BCUT2D eigenvalue weighted by Gasteiger charge is 2.11. The number of aromatic nitrogens is 2. The summed E-state index contributed by atoms with van der Waals surface area (Å²) in [5.41, 5.74) is 5.47. The van der Waals surface area contributed by atoms with Crippen molar-refractivity contribution in [3.63, 3.8) is 0 Å². The van der Waals surface area contributed by atoms with Crippen molar-refractivity contribution < 1.29 is 13.2 Å². The molecule has 0 aliphatic carbocycles. The zero-order valence-electron chi connectivity index (χ0n) is 9.17. The van der Waals surface area contributed by atoms with E-state index in [1.54, 1.807) is 0 Å². The molecule has 0 aliphatic heterocycles. The van der Waals surface area contributed by atoms with Crippen LogP contribution in [0.5, 0.6) is 0 Å². The highest BCUT2D eigenvalue weighted by molar-refractivity contribution is 7.88. The number of nitrogens with one attached hydrogen (secondary N) is 2. The number of nitrogens with two attached hydrogens (primary N) is 1. The number of nitrogens with zero attached hydrogens (tertiary/aromatic N) is 2. The van der Waals surface area contributed by atoms with Crippen LogP contribution >= 0.6 is 0 Å². The number of amides is 1. The van der Waals surface area contributed by atoms with Crippen molar-refractivity contribution in [2.75, 3.05) is 25.1 Å². The number of sulfonamides is 1. The van der Waals surface area contributed by atoms with Gasteiger partial charge in [-0.3, -0.25) is 4.79 Å². The van der Waals surface area contributed by atoms with Gasteiger partial charge < -0.3 is 11.1 Å². The van der Waals surface area contributed by atoms with Gasteiger partial charge in [0.15, 0.2) is 11.5 Å². The van der Waals surface area contributed by atoms with Gasteiger partial charge in [0.2, 0.25) is 10.0 Å². The van der Waals surface area contributed by atoms with Crippen molar-refractivity contribution in [1.82, 2.24) is 20.0 Å². The molecule has 1 amide bonds. The zero-order valence-corrected chi connectivity index (χ0v) is 9.99. The van der Waals surface area contributed by atoms with Gasteiger partial charge in [-0.15, -0.1) is 0 Å². The van der Waals surface area contributed by atoms with Crippen LogP contribution in [0.3, 0.4) is 0 Å². The predicted octanol–water partition coefficient (Wildman–Crippen LogP) is -1.66. The van der Waals surface area contributed by atoms with E-state index in [0.717, 1.165) is 6.26 Å². The van der Waals surface area contributed by atoms with E-state index >= 15 is 0 Å². The molecule has 0 aliphatic rings. The summed E-state index contributed by atoms with van der Waals surface area (Å²) in [6, 6.07) is 0. The van der Waals surface area contributed by atoms with E-state index in [1.807, 2.05) is 0 Å². The topological polar surface area (TPSA) is 127 Å². The summed E-state index contributed by atoms with van der Waals surface area (Å²) in [6.07, 6.45) is 3.76. The Kier molecular flexibility index (Phi) is 4.35. The second kappa shape index (κ2) is 5.55. The van der Waals surface area contributed by atoms with Gasteiger partial charge in [-0.1, -0.05) is 0 Å². The molecule has 8 nitrogen and oxygen atoms in total. The molecule has 0 fully saturated rings. The fraction of sp³-hybridized carbons (Fsp3) is 0.375. The van der Waals surface area contributed by atoms with Crippen LogP contribution in [-0.4, -0.2) is 43.6 Å². The third kappa shape index (κ3) is 4.74. The minimum atomic E-state index is -3.25. The molecule has 94 valence electrons. The van der Waals surface area contributed by atoms with Crippen molar-refractivity contribution in [2.24, 2.45) is 0 Å². The molecule has 0 bridgehead atoms. The van der Waals surface area contributed by atoms with Crippen molar-refractivity contribution in [1.29, 1.82) is 0 Å². The van der Waals surface area contributed by atoms with E-state index in [4.69, 9.17) is 5.73 Å². The molecule has 0 aromatic carbocycles. The normalized spacial score (nSPS) is 11.1. The minimum Gasteiger partial charge on any atom is -0.382 e. The summed E-state index contributed by atoms with van der Waals surface area (Å²) in [5.74, 6) is -0.466. The second-order valence-electron chi connectivity index (χ2n) is 3.21. The molecule has 0 radical (unpaired) electrons. The van der Waals surface area contributed by atoms with E-state index in [1.165, 1.54) is 12.4 Å². The maximum atomic E-state index is 11.5. The first-order valence-electron chi connectivity index (χ1n) is 4.69. The van der Waals surface area contributed by atoms with Gasteiger partial charge in [0, 0.05) is 25.5 Å². The van der Waals surface area contributed by atoms with Crippen molar-refractivity contribution in [3.05, 3.63) is 18.1 Å². The third-order valence-electron chi connectivity index (χ3n) is 1.72. The maximum absolute atomic E-state index is 11.5. The molecule has 4 N–H and O–H groups in total. The number of anilines is 1. The Morgan fingerprint density at radius 1 is 1.35 bits per heavy atom. The summed E-state index contributed by atoms with van der Waals surface area (Å²) < 4.78 is 23.7. The molecule has 1 rings (SSSR count). The van der Waals surface area contributed by atoms with Crippen LogP contribution in [0.15, 0.2) is 12.4 Å².